The van der Waals surface area contributed by atoms with E-state index >= 15 is 0 Å². The second kappa shape index (κ2) is 4.74. The van der Waals surface area contributed by atoms with Gasteiger partial charge in [0.15, 0.2) is 0 Å². The summed E-state index contributed by atoms with van der Waals surface area (Å²) in [6.45, 7) is 1.90. The van der Waals surface area contributed by atoms with Gasteiger partial charge in [0.05, 0.1) is 25.9 Å². The highest BCUT2D eigenvalue weighted by Crippen LogP contribution is 2.18. The van der Waals surface area contributed by atoms with E-state index in [0.29, 0.717) is 24.9 Å². The highest BCUT2D eigenvalue weighted by Gasteiger charge is 2.23. The number of morpholine rings is 1. The van der Waals surface area contributed by atoms with E-state index in [2.05, 4.69) is 9.97 Å². The molecule has 1 fully saturated rings. The van der Waals surface area contributed by atoms with Gasteiger partial charge in [-0.3, -0.25) is 0 Å². The van der Waals surface area contributed by atoms with Crippen molar-refractivity contribution in [1.29, 1.82) is 0 Å². The summed E-state index contributed by atoms with van der Waals surface area (Å²) in [4.78, 5) is 9.93. The van der Waals surface area contributed by atoms with E-state index in [4.69, 9.17) is 16.3 Å². The average molecular weight is 230 g/mol. The Hall–Kier alpha value is -0.910. The Morgan fingerprint density at radius 2 is 2.47 bits per heavy atom. The number of hydrogen-bond donors (Lipinski definition) is 1. The molecule has 2 rings (SSSR count). The summed E-state index contributed by atoms with van der Waals surface area (Å²) in [7, 11) is 0. The second-order valence-corrected chi connectivity index (χ2v) is 3.69. The lowest BCUT2D eigenvalue weighted by Crippen LogP contribution is -2.48. The molecular formula is C9H12ClN3O2. The number of aliphatic hydroxyl groups excluding tert-OH is 1. The summed E-state index contributed by atoms with van der Waals surface area (Å²) < 4.78 is 5.28. The van der Waals surface area contributed by atoms with Crippen molar-refractivity contribution in [1.82, 2.24) is 9.97 Å². The fourth-order valence-corrected chi connectivity index (χ4v) is 1.73. The first-order chi connectivity index (χ1) is 7.31. The maximum Gasteiger partial charge on any atom is 0.134 e. The van der Waals surface area contributed by atoms with Gasteiger partial charge in [0.1, 0.15) is 17.3 Å². The van der Waals surface area contributed by atoms with Crippen LogP contribution >= 0.6 is 11.6 Å². The number of aromatic nitrogens is 2. The molecule has 0 aliphatic carbocycles. The number of rotatable bonds is 2. The number of nitrogens with zero attached hydrogens (tertiary/aromatic N) is 3. The van der Waals surface area contributed by atoms with E-state index in [1.54, 1.807) is 6.07 Å². The zero-order valence-electron chi connectivity index (χ0n) is 8.14. The third kappa shape index (κ3) is 2.37. The Kier molecular flexibility index (Phi) is 3.35. The molecule has 15 heavy (non-hydrogen) atoms. The normalized spacial score (nSPS) is 21.7. The van der Waals surface area contributed by atoms with E-state index in [1.165, 1.54) is 6.33 Å². The molecular weight excluding hydrogens is 218 g/mol. The van der Waals surface area contributed by atoms with Crippen LogP contribution in [-0.4, -0.2) is 47.5 Å². The third-order valence-electron chi connectivity index (χ3n) is 2.35. The molecule has 0 spiro atoms. The molecule has 1 aromatic heterocycles. The molecule has 0 saturated carbocycles. The van der Waals surface area contributed by atoms with Gasteiger partial charge in [0, 0.05) is 12.6 Å². The second-order valence-electron chi connectivity index (χ2n) is 3.30. The van der Waals surface area contributed by atoms with Crippen molar-refractivity contribution in [2.45, 2.75) is 6.04 Å². The summed E-state index contributed by atoms with van der Waals surface area (Å²) in [5.41, 5.74) is 0. The van der Waals surface area contributed by atoms with Crippen LogP contribution in [0.4, 0.5) is 5.82 Å². The van der Waals surface area contributed by atoms with Gasteiger partial charge in [-0.2, -0.15) is 0 Å². The molecule has 0 aromatic carbocycles. The molecule has 2 heterocycles. The molecule has 1 aliphatic heterocycles. The first-order valence-corrected chi connectivity index (χ1v) is 5.12. The molecule has 1 atom stereocenters. The van der Waals surface area contributed by atoms with Crippen LogP contribution in [0.15, 0.2) is 12.4 Å². The van der Waals surface area contributed by atoms with Crippen molar-refractivity contribution in [2.24, 2.45) is 0 Å². The SMILES string of the molecule is OC[C@@H]1COCCN1c1cc(Cl)ncn1. The van der Waals surface area contributed by atoms with E-state index in [1.807, 2.05) is 4.90 Å². The minimum absolute atomic E-state index is 0.0433. The van der Waals surface area contributed by atoms with Crippen LogP contribution in [0.3, 0.4) is 0 Å². The van der Waals surface area contributed by atoms with Gasteiger partial charge in [-0.25, -0.2) is 9.97 Å². The fourth-order valence-electron chi connectivity index (χ4n) is 1.59. The lowest BCUT2D eigenvalue weighted by Gasteiger charge is -2.35. The maximum absolute atomic E-state index is 9.19. The monoisotopic (exact) mass is 229 g/mol. The Balaban J connectivity index is 2.20. The summed E-state index contributed by atoms with van der Waals surface area (Å²) >= 11 is 5.78. The van der Waals surface area contributed by atoms with Crippen LogP contribution in [0.2, 0.25) is 5.15 Å². The van der Waals surface area contributed by atoms with E-state index in [0.717, 1.165) is 5.82 Å². The van der Waals surface area contributed by atoms with Gasteiger partial charge >= 0.3 is 0 Å². The van der Waals surface area contributed by atoms with Crippen LogP contribution in [-0.2, 0) is 4.74 Å². The number of hydrogen-bond acceptors (Lipinski definition) is 5. The third-order valence-corrected chi connectivity index (χ3v) is 2.56. The largest absolute Gasteiger partial charge is 0.394 e. The standard InChI is InChI=1S/C9H12ClN3O2/c10-8-3-9(12-6-11-8)13-1-2-15-5-7(13)4-14/h3,6-7,14H,1-2,4-5H2/t7-/m1/s1. The molecule has 0 amide bonds. The molecule has 0 unspecified atom stereocenters. The fraction of sp³-hybridized carbons (Fsp3) is 0.556. The minimum atomic E-state index is -0.0512. The maximum atomic E-state index is 9.19. The van der Waals surface area contributed by atoms with Gasteiger partial charge in [-0.15, -0.1) is 0 Å². The Morgan fingerprint density at radius 1 is 1.60 bits per heavy atom. The summed E-state index contributed by atoms with van der Waals surface area (Å²) in [5, 5.41) is 9.60. The molecule has 1 aliphatic rings. The molecule has 1 saturated heterocycles. The van der Waals surface area contributed by atoms with Crippen LogP contribution in [0.5, 0.6) is 0 Å². The number of anilines is 1. The minimum Gasteiger partial charge on any atom is -0.394 e. The van der Waals surface area contributed by atoms with Crippen LogP contribution in [0, 0.1) is 0 Å². The lowest BCUT2D eigenvalue weighted by atomic mass is 10.2. The van der Waals surface area contributed by atoms with Crippen LogP contribution in [0.1, 0.15) is 0 Å². The van der Waals surface area contributed by atoms with Gasteiger partial charge in [-0.1, -0.05) is 11.6 Å². The molecule has 0 radical (unpaired) electrons. The van der Waals surface area contributed by atoms with Crippen molar-refractivity contribution in [3.05, 3.63) is 17.5 Å². The van der Waals surface area contributed by atoms with E-state index in [-0.39, 0.29) is 12.6 Å². The van der Waals surface area contributed by atoms with Crippen molar-refractivity contribution in [3.8, 4) is 0 Å². The molecule has 5 nitrogen and oxygen atoms in total. The van der Waals surface area contributed by atoms with Gasteiger partial charge in [-0.05, 0) is 0 Å². The average Bonchev–Trinajstić information content (AvgIpc) is 2.29. The summed E-state index contributed by atoms with van der Waals surface area (Å²) in [6.07, 6.45) is 1.42. The Morgan fingerprint density at radius 3 is 3.20 bits per heavy atom. The topological polar surface area (TPSA) is 58.5 Å². The van der Waals surface area contributed by atoms with Gasteiger partial charge < -0.3 is 14.7 Å². The van der Waals surface area contributed by atoms with Crippen molar-refractivity contribution >= 4 is 17.4 Å². The molecule has 6 heteroatoms. The first-order valence-electron chi connectivity index (χ1n) is 4.74. The van der Waals surface area contributed by atoms with Crippen molar-refractivity contribution in [2.75, 3.05) is 31.3 Å². The van der Waals surface area contributed by atoms with Crippen LogP contribution < -0.4 is 4.90 Å². The number of aliphatic hydroxyl groups is 1. The van der Waals surface area contributed by atoms with Gasteiger partial charge in [0.2, 0.25) is 0 Å². The molecule has 0 bridgehead atoms. The number of halogens is 1. The molecule has 82 valence electrons. The number of ether oxygens (including phenoxy) is 1. The predicted octanol–water partition coefficient (Wildman–Crippen LogP) is 0.327. The van der Waals surface area contributed by atoms with E-state index < -0.39 is 0 Å². The molecule has 1 aromatic rings. The quantitative estimate of drug-likeness (QED) is 0.741. The zero-order valence-corrected chi connectivity index (χ0v) is 8.89. The summed E-state index contributed by atoms with van der Waals surface area (Å²) in [6, 6.07) is 1.64. The summed E-state index contributed by atoms with van der Waals surface area (Å²) in [5.74, 6) is 0.734. The Labute approximate surface area is 92.7 Å². The van der Waals surface area contributed by atoms with Crippen molar-refractivity contribution < 1.29 is 9.84 Å². The first kappa shape index (κ1) is 10.6. The zero-order chi connectivity index (χ0) is 10.7. The van der Waals surface area contributed by atoms with Crippen LogP contribution in [0.25, 0.3) is 0 Å². The molecule has 1 N–H and O–H groups in total. The van der Waals surface area contributed by atoms with Gasteiger partial charge in [0.25, 0.3) is 0 Å². The smallest absolute Gasteiger partial charge is 0.134 e. The predicted molar refractivity (Wildman–Crippen MR) is 56.1 cm³/mol. The highest BCUT2D eigenvalue weighted by atomic mass is 35.5. The lowest BCUT2D eigenvalue weighted by molar-refractivity contribution is 0.0723. The van der Waals surface area contributed by atoms with Crippen molar-refractivity contribution in [3.63, 3.8) is 0 Å². The highest BCUT2D eigenvalue weighted by molar-refractivity contribution is 6.29. The Bertz CT molecular complexity index is 337. The van der Waals surface area contributed by atoms with E-state index in [9.17, 15) is 5.11 Å².